The average molecular weight is 408 g/mol. The normalized spacial score (nSPS) is 17.0. The van der Waals surface area contributed by atoms with Crippen molar-refractivity contribution in [1.29, 1.82) is 0 Å². The number of imidazole rings is 1. The highest BCUT2D eigenvalue weighted by Crippen LogP contribution is 2.38. The van der Waals surface area contributed by atoms with E-state index >= 15 is 0 Å². The minimum atomic E-state index is -0.0936. The maximum Gasteiger partial charge on any atom is 0.211 e. The molecule has 3 aromatic rings. The lowest BCUT2D eigenvalue weighted by atomic mass is 9.91. The van der Waals surface area contributed by atoms with Crippen molar-refractivity contribution in [1.82, 2.24) is 14.4 Å². The molecule has 8 heteroatoms. The number of fused-ring (bicyclic) bond motifs is 1. The van der Waals surface area contributed by atoms with Crippen LogP contribution in [0.2, 0.25) is 10.0 Å². The maximum atomic E-state index is 6.33. The van der Waals surface area contributed by atoms with E-state index in [9.17, 15) is 0 Å². The molecule has 1 aliphatic rings. The summed E-state index contributed by atoms with van der Waals surface area (Å²) in [7, 11) is 0. The van der Waals surface area contributed by atoms with Crippen LogP contribution >= 0.6 is 35.0 Å². The van der Waals surface area contributed by atoms with Crippen molar-refractivity contribution in [3.63, 3.8) is 0 Å². The minimum absolute atomic E-state index is 0.0936. The van der Waals surface area contributed by atoms with Gasteiger partial charge in [0.05, 0.1) is 14.9 Å². The third-order valence-electron chi connectivity index (χ3n) is 4.70. The zero-order valence-electron chi connectivity index (χ0n) is 14.3. The molecule has 1 aromatic carbocycles. The van der Waals surface area contributed by atoms with E-state index in [1.165, 1.54) is 11.8 Å². The van der Waals surface area contributed by atoms with Crippen molar-refractivity contribution in [3.05, 3.63) is 46.8 Å². The van der Waals surface area contributed by atoms with Gasteiger partial charge in [-0.1, -0.05) is 41.0 Å². The lowest BCUT2D eigenvalue weighted by Crippen LogP contribution is -2.48. The molecule has 1 fully saturated rings. The molecule has 3 heterocycles. The van der Waals surface area contributed by atoms with Crippen LogP contribution in [0.1, 0.15) is 19.8 Å². The number of hydrogen-bond acceptors (Lipinski definition) is 5. The molecule has 2 N–H and O–H groups in total. The van der Waals surface area contributed by atoms with Gasteiger partial charge in [0.2, 0.25) is 5.95 Å². The highest BCUT2D eigenvalue weighted by molar-refractivity contribution is 7.99. The molecule has 0 unspecified atom stereocenters. The number of rotatable bonds is 3. The molecular formula is C18H19Cl2N5S. The van der Waals surface area contributed by atoms with Gasteiger partial charge in [-0.15, -0.1) is 0 Å². The fraction of sp³-hybridized carbons (Fsp3) is 0.333. The Morgan fingerprint density at radius 3 is 2.69 bits per heavy atom. The summed E-state index contributed by atoms with van der Waals surface area (Å²) in [6.45, 7) is 3.89. The molecule has 0 bridgehead atoms. The summed E-state index contributed by atoms with van der Waals surface area (Å²) in [5.41, 5.74) is 7.02. The van der Waals surface area contributed by atoms with E-state index in [0.29, 0.717) is 10.0 Å². The Morgan fingerprint density at radius 1 is 1.15 bits per heavy atom. The van der Waals surface area contributed by atoms with Gasteiger partial charge in [-0.05, 0) is 31.9 Å². The second-order valence-corrected chi connectivity index (χ2v) is 8.71. The highest BCUT2D eigenvalue weighted by atomic mass is 35.5. The quantitative estimate of drug-likeness (QED) is 0.691. The Kier molecular flexibility index (Phi) is 4.77. The van der Waals surface area contributed by atoms with Crippen LogP contribution in [0.4, 0.5) is 5.95 Å². The number of anilines is 1. The van der Waals surface area contributed by atoms with E-state index in [0.717, 1.165) is 47.3 Å². The highest BCUT2D eigenvalue weighted by Gasteiger charge is 2.27. The van der Waals surface area contributed by atoms with Crippen LogP contribution in [0.25, 0.3) is 5.65 Å². The summed E-state index contributed by atoms with van der Waals surface area (Å²) in [6.07, 6.45) is 7.48. The second-order valence-electron chi connectivity index (χ2n) is 6.84. The van der Waals surface area contributed by atoms with Crippen molar-refractivity contribution in [2.45, 2.75) is 35.1 Å². The molecule has 2 aromatic heterocycles. The van der Waals surface area contributed by atoms with Crippen LogP contribution in [0.5, 0.6) is 0 Å². The number of nitrogens with two attached hydrogens (primary N) is 1. The minimum Gasteiger partial charge on any atom is -0.342 e. The van der Waals surface area contributed by atoms with E-state index in [1.807, 2.05) is 28.9 Å². The summed E-state index contributed by atoms with van der Waals surface area (Å²) in [5, 5.41) is 1.09. The Bertz CT molecular complexity index is 946. The monoisotopic (exact) mass is 407 g/mol. The number of hydrogen-bond donors (Lipinski definition) is 1. The molecule has 1 saturated heterocycles. The molecule has 0 saturated carbocycles. The summed E-state index contributed by atoms with van der Waals surface area (Å²) >= 11 is 14.0. The van der Waals surface area contributed by atoms with Gasteiger partial charge < -0.3 is 10.6 Å². The smallest absolute Gasteiger partial charge is 0.211 e. The van der Waals surface area contributed by atoms with Gasteiger partial charge in [0.25, 0.3) is 0 Å². The lowest BCUT2D eigenvalue weighted by molar-refractivity contribution is 0.361. The molecule has 5 nitrogen and oxygen atoms in total. The van der Waals surface area contributed by atoms with Gasteiger partial charge >= 0.3 is 0 Å². The van der Waals surface area contributed by atoms with Crippen molar-refractivity contribution in [3.8, 4) is 0 Å². The van der Waals surface area contributed by atoms with Crippen molar-refractivity contribution in [2.75, 3.05) is 18.0 Å². The van der Waals surface area contributed by atoms with E-state index in [4.69, 9.17) is 33.9 Å². The third-order valence-corrected chi connectivity index (χ3v) is 6.70. The van der Waals surface area contributed by atoms with Gasteiger partial charge in [0.15, 0.2) is 5.65 Å². The van der Waals surface area contributed by atoms with E-state index in [1.54, 1.807) is 12.3 Å². The zero-order valence-corrected chi connectivity index (χ0v) is 16.7. The molecular weight excluding hydrogens is 389 g/mol. The lowest BCUT2D eigenvalue weighted by Gasteiger charge is -2.37. The maximum absolute atomic E-state index is 6.33. The first-order valence-electron chi connectivity index (χ1n) is 8.42. The fourth-order valence-corrected chi connectivity index (χ4v) is 4.49. The molecule has 26 heavy (non-hydrogen) atoms. The number of aromatic nitrogens is 3. The van der Waals surface area contributed by atoms with Crippen molar-refractivity contribution >= 4 is 46.6 Å². The standard InChI is InChI=1S/C18H19Cl2N5S/c1-18(21)5-8-24(9-6-18)17-23-11-14(16-22-7-10-25(16)17)26-13-4-2-3-12(19)15(13)20/h2-4,7,10-11H,5-6,8-9,21H2,1H3. The topological polar surface area (TPSA) is 59.5 Å². The molecule has 0 amide bonds. The number of benzene rings is 1. The molecule has 0 aliphatic carbocycles. The number of halogens is 2. The predicted octanol–water partition coefficient (Wildman–Crippen LogP) is 4.50. The molecule has 4 rings (SSSR count). The van der Waals surface area contributed by atoms with Gasteiger partial charge in [-0.3, -0.25) is 4.40 Å². The number of nitrogens with zero attached hydrogens (tertiary/aromatic N) is 4. The summed E-state index contributed by atoms with van der Waals surface area (Å²) < 4.78 is 2.03. The number of piperidine rings is 1. The first-order chi connectivity index (χ1) is 12.4. The third kappa shape index (κ3) is 3.39. The van der Waals surface area contributed by atoms with Gasteiger partial charge in [0.1, 0.15) is 0 Å². The van der Waals surface area contributed by atoms with Crippen molar-refractivity contribution in [2.24, 2.45) is 5.73 Å². The van der Waals surface area contributed by atoms with Crippen LogP contribution in [0.3, 0.4) is 0 Å². The zero-order chi connectivity index (χ0) is 18.3. The average Bonchev–Trinajstić information content (AvgIpc) is 3.10. The van der Waals surface area contributed by atoms with E-state index in [2.05, 4.69) is 16.8 Å². The molecule has 136 valence electrons. The predicted molar refractivity (Wildman–Crippen MR) is 108 cm³/mol. The van der Waals surface area contributed by atoms with Crippen LogP contribution in [0, 0.1) is 0 Å². The Hall–Kier alpha value is -1.47. The van der Waals surface area contributed by atoms with Gasteiger partial charge in [0, 0.05) is 42.1 Å². The molecule has 1 aliphatic heterocycles. The SMILES string of the molecule is CC1(N)CCN(c2ncc(Sc3cccc(Cl)c3Cl)c3nccn23)CC1. The van der Waals surface area contributed by atoms with Crippen LogP contribution in [-0.2, 0) is 0 Å². The van der Waals surface area contributed by atoms with Gasteiger partial charge in [-0.25, -0.2) is 9.97 Å². The Labute approximate surface area is 166 Å². The Morgan fingerprint density at radius 2 is 1.92 bits per heavy atom. The Balaban J connectivity index is 1.67. The first kappa shape index (κ1) is 17.9. The molecule has 0 radical (unpaired) electrons. The largest absolute Gasteiger partial charge is 0.342 e. The van der Waals surface area contributed by atoms with E-state index in [-0.39, 0.29) is 5.54 Å². The van der Waals surface area contributed by atoms with Crippen LogP contribution < -0.4 is 10.6 Å². The van der Waals surface area contributed by atoms with Crippen LogP contribution in [0.15, 0.2) is 46.6 Å². The van der Waals surface area contributed by atoms with Gasteiger partial charge in [-0.2, -0.15) is 0 Å². The summed E-state index contributed by atoms with van der Waals surface area (Å²) in [6, 6.07) is 5.61. The second kappa shape index (κ2) is 6.93. The molecule has 0 atom stereocenters. The first-order valence-corrected chi connectivity index (χ1v) is 10.00. The van der Waals surface area contributed by atoms with E-state index < -0.39 is 0 Å². The summed E-state index contributed by atoms with van der Waals surface area (Å²) in [5.74, 6) is 0.898. The molecule has 0 spiro atoms. The van der Waals surface area contributed by atoms with Crippen LogP contribution in [-0.4, -0.2) is 33.0 Å². The van der Waals surface area contributed by atoms with Crippen molar-refractivity contribution < 1.29 is 0 Å². The fourth-order valence-electron chi connectivity index (χ4n) is 3.09. The summed E-state index contributed by atoms with van der Waals surface area (Å²) in [4.78, 5) is 13.3.